The first-order chi connectivity index (χ1) is 8.67. The molecule has 0 aliphatic heterocycles. The van der Waals surface area contributed by atoms with E-state index in [0.29, 0.717) is 0 Å². The first kappa shape index (κ1) is 14.7. The van der Waals surface area contributed by atoms with Gasteiger partial charge in [0.15, 0.2) is 5.78 Å². The molecule has 0 bridgehead atoms. The Labute approximate surface area is 109 Å². The highest BCUT2D eigenvalue weighted by molar-refractivity contribution is 5.97. The Kier molecular flexibility index (Phi) is 6.40. The van der Waals surface area contributed by atoms with Crippen LogP contribution in [0.1, 0.15) is 39.5 Å². The molecule has 0 saturated heterocycles. The van der Waals surface area contributed by atoms with E-state index >= 15 is 0 Å². The van der Waals surface area contributed by atoms with Gasteiger partial charge in [-0.25, -0.2) is 0 Å². The molecule has 2 unspecified atom stereocenters. The number of amides is 1. The van der Waals surface area contributed by atoms with Crippen LogP contribution < -0.4 is 5.32 Å². The van der Waals surface area contributed by atoms with Crippen LogP contribution in [-0.2, 0) is 9.59 Å². The smallest absolute Gasteiger partial charge is 0.243 e. The fourth-order valence-electron chi connectivity index (χ4n) is 2.35. The molecule has 1 aliphatic carbocycles. The van der Waals surface area contributed by atoms with Crippen molar-refractivity contribution in [1.29, 1.82) is 0 Å². The van der Waals surface area contributed by atoms with Crippen LogP contribution in [0.4, 0.5) is 0 Å². The van der Waals surface area contributed by atoms with Crippen molar-refractivity contribution in [2.45, 2.75) is 45.6 Å². The molecule has 0 spiro atoms. The Morgan fingerprint density at radius 2 is 1.72 bits per heavy atom. The molecule has 3 nitrogen and oxygen atoms in total. The molecule has 1 aliphatic rings. The summed E-state index contributed by atoms with van der Waals surface area (Å²) in [6.45, 7) is 3.65. The Hall–Kier alpha value is -1.38. The van der Waals surface area contributed by atoms with Crippen LogP contribution in [0.5, 0.6) is 0 Å². The zero-order valence-electron chi connectivity index (χ0n) is 11.2. The monoisotopic (exact) mass is 248 g/mol. The molecule has 0 heterocycles. The minimum absolute atomic E-state index is 0.0367. The fourth-order valence-corrected chi connectivity index (χ4v) is 2.35. The molecule has 0 aromatic carbocycles. The van der Waals surface area contributed by atoms with Crippen molar-refractivity contribution < 1.29 is 9.59 Å². The van der Waals surface area contributed by atoms with Crippen LogP contribution >= 0.6 is 0 Å². The van der Waals surface area contributed by atoms with Gasteiger partial charge in [-0.1, -0.05) is 25.0 Å². The lowest BCUT2D eigenvalue weighted by Gasteiger charge is -2.31. The van der Waals surface area contributed by atoms with Crippen molar-refractivity contribution in [1.82, 2.24) is 5.32 Å². The Bertz CT molecular complexity index is 310. The lowest BCUT2D eigenvalue weighted by molar-refractivity contribution is -0.118. The molecular weight excluding hydrogens is 226 g/mol. The van der Waals surface area contributed by atoms with Crippen molar-refractivity contribution >= 4 is 11.7 Å². The standard InChI is InChI=1S/C15H22NO2/c1-3-7-13(17)11-12-9-5-6-10-14(12)16-15(18)8-4-2/h3-4,7-8,11-12,14H,5-6,9-10H2,1-2H3,(H,16,18)/b7-3+,8-4+. The first-order valence-electron chi connectivity index (χ1n) is 6.62. The average Bonchev–Trinajstić information content (AvgIpc) is 2.32. The number of nitrogens with one attached hydrogen (secondary N) is 1. The molecule has 1 amide bonds. The molecular formula is C15H22NO2. The van der Waals surface area contributed by atoms with Crippen LogP contribution in [0.2, 0.25) is 0 Å². The number of ketones is 1. The Morgan fingerprint density at radius 3 is 2.39 bits per heavy atom. The molecule has 0 aromatic rings. The van der Waals surface area contributed by atoms with E-state index in [1.165, 1.54) is 6.08 Å². The summed E-state index contributed by atoms with van der Waals surface area (Å²) in [5, 5.41) is 2.98. The van der Waals surface area contributed by atoms with Gasteiger partial charge in [0.25, 0.3) is 0 Å². The number of allylic oxidation sites excluding steroid dienone is 3. The Morgan fingerprint density at radius 1 is 1.06 bits per heavy atom. The third-order valence-electron chi connectivity index (χ3n) is 3.17. The zero-order chi connectivity index (χ0) is 13.4. The minimum Gasteiger partial charge on any atom is -0.350 e. The number of carbonyl (C=O) groups excluding carboxylic acids is 2. The molecule has 1 radical (unpaired) electrons. The fraction of sp³-hybridized carbons (Fsp3) is 0.533. The van der Waals surface area contributed by atoms with Crippen molar-refractivity contribution in [3.05, 3.63) is 30.7 Å². The van der Waals surface area contributed by atoms with Gasteiger partial charge in [-0.15, -0.1) is 0 Å². The van der Waals surface area contributed by atoms with Gasteiger partial charge in [0.05, 0.1) is 0 Å². The summed E-state index contributed by atoms with van der Waals surface area (Å²) >= 11 is 0. The lowest BCUT2D eigenvalue weighted by Crippen LogP contribution is -2.42. The highest BCUT2D eigenvalue weighted by Crippen LogP contribution is 2.26. The van der Waals surface area contributed by atoms with Crippen molar-refractivity contribution in [3.63, 3.8) is 0 Å². The SMILES string of the molecule is C/C=C/C(=O)[CH]C1CCCCC1NC(=O)/C=C/C. The van der Waals surface area contributed by atoms with E-state index < -0.39 is 0 Å². The van der Waals surface area contributed by atoms with Gasteiger partial charge in [0.1, 0.15) is 0 Å². The van der Waals surface area contributed by atoms with Crippen LogP contribution in [-0.4, -0.2) is 17.7 Å². The first-order valence-corrected chi connectivity index (χ1v) is 6.62. The summed E-state index contributed by atoms with van der Waals surface area (Å²) in [7, 11) is 0. The summed E-state index contributed by atoms with van der Waals surface area (Å²) in [4.78, 5) is 23.2. The molecule has 18 heavy (non-hydrogen) atoms. The average molecular weight is 248 g/mol. The lowest BCUT2D eigenvalue weighted by atomic mass is 9.81. The number of hydrogen-bond donors (Lipinski definition) is 1. The van der Waals surface area contributed by atoms with E-state index in [-0.39, 0.29) is 23.7 Å². The largest absolute Gasteiger partial charge is 0.350 e. The highest BCUT2D eigenvalue weighted by Gasteiger charge is 2.27. The summed E-state index contributed by atoms with van der Waals surface area (Å²) < 4.78 is 0. The van der Waals surface area contributed by atoms with Gasteiger partial charge < -0.3 is 5.32 Å². The van der Waals surface area contributed by atoms with Gasteiger partial charge >= 0.3 is 0 Å². The molecule has 1 N–H and O–H groups in total. The molecule has 1 rings (SSSR count). The van der Waals surface area contributed by atoms with E-state index in [0.717, 1.165) is 25.7 Å². The topological polar surface area (TPSA) is 46.2 Å². The van der Waals surface area contributed by atoms with Crippen molar-refractivity contribution in [2.24, 2.45) is 5.92 Å². The molecule has 1 saturated carbocycles. The second-order valence-electron chi connectivity index (χ2n) is 4.63. The highest BCUT2D eigenvalue weighted by atomic mass is 16.1. The van der Waals surface area contributed by atoms with Gasteiger partial charge in [-0.2, -0.15) is 0 Å². The van der Waals surface area contributed by atoms with Crippen LogP contribution in [0.15, 0.2) is 24.3 Å². The van der Waals surface area contributed by atoms with Crippen molar-refractivity contribution in [3.8, 4) is 0 Å². The molecule has 1 fully saturated rings. The number of rotatable bonds is 5. The second kappa shape index (κ2) is 7.85. The maximum absolute atomic E-state index is 11.6. The number of hydrogen-bond acceptors (Lipinski definition) is 2. The second-order valence-corrected chi connectivity index (χ2v) is 4.63. The van der Waals surface area contributed by atoms with Gasteiger partial charge in [0.2, 0.25) is 5.91 Å². The van der Waals surface area contributed by atoms with E-state index in [2.05, 4.69) is 5.32 Å². The van der Waals surface area contributed by atoms with Crippen LogP contribution in [0.25, 0.3) is 0 Å². The summed E-state index contributed by atoms with van der Waals surface area (Å²) in [6.07, 6.45) is 12.5. The Balaban J connectivity index is 2.56. The third-order valence-corrected chi connectivity index (χ3v) is 3.17. The molecule has 99 valence electrons. The summed E-state index contributed by atoms with van der Waals surface area (Å²) in [5.41, 5.74) is 0. The maximum Gasteiger partial charge on any atom is 0.243 e. The zero-order valence-corrected chi connectivity index (χ0v) is 11.2. The molecule has 0 aromatic heterocycles. The third kappa shape index (κ3) is 4.86. The molecule has 3 heteroatoms. The van der Waals surface area contributed by atoms with Gasteiger partial charge in [-0.05, 0) is 44.8 Å². The van der Waals surface area contributed by atoms with Crippen LogP contribution in [0, 0.1) is 12.3 Å². The predicted octanol–water partition coefficient (Wildman–Crippen LogP) is 2.59. The maximum atomic E-state index is 11.6. The van der Waals surface area contributed by atoms with Gasteiger partial charge in [-0.3, -0.25) is 9.59 Å². The van der Waals surface area contributed by atoms with E-state index in [1.807, 2.05) is 13.8 Å². The van der Waals surface area contributed by atoms with Crippen LogP contribution in [0.3, 0.4) is 0 Å². The normalized spacial score (nSPS) is 24.6. The van der Waals surface area contributed by atoms with Crippen molar-refractivity contribution in [2.75, 3.05) is 0 Å². The van der Waals surface area contributed by atoms with Gasteiger partial charge in [0, 0.05) is 12.5 Å². The molecule has 2 atom stereocenters. The summed E-state index contributed by atoms with van der Waals surface area (Å²) in [5.74, 6) is 0.132. The van der Waals surface area contributed by atoms with E-state index in [9.17, 15) is 9.59 Å². The predicted molar refractivity (Wildman–Crippen MR) is 72.8 cm³/mol. The van der Waals surface area contributed by atoms with E-state index in [4.69, 9.17) is 0 Å². The number of carbonyl (C=O) groups is 2. The minimum atomic E-state index is -0.0683. The summed E-state index contributed by atoms with van der Waals surface area (Å²) in [6, 6.07) is 0.0941. The quantitative estimate of drug-likeness (QED) is 0.760. The van der Waals surface area contributed by atoms with E-state index in [1.54, 1.807) is 24.6 Å².